The standard InChI is InChI=1S/C24H34N4O/c1-26(2)18-20-17-21(25-27(20)3)22-13-7-10-16-28(22)23(29)24(14-8-9-15-24)19-11-5-4-6-12-19/h4-6,11-12,17,22H,7-10,13-16,18H2,1-3H3/t22-/m1/s1. The molecule has 5 nitrogen and oxygen atoms in total. The Bertz CT molecular complexity index is 836. The second-order valence-electron chi connectivity index (χ2n) is 9.09. The first kappa shape index (κ1) is 20.1. The van der Waals surface area contributed by atoms with Gasteiger partial charge in [-0.2, -0.15) is 5.10 Å². The number of likely N-dealkylation sites (tertiary alicyclic amines) is 1. The molecule has 1 atom stereocenters. The molecule has 2 aromatic rings. The third kappa shape index (κ3) is 3.85. The molecule has 1 saturated carbocycles. The smallest absolute Gasteiger partial charge is 0.233 e. The van der Waals surface area contributed by atoms with Crippen LogP contribution in [0.2, 0.25) is 0 Å². The van der Waals surface area contributed by atoms with E-state index in [0.717, 1.165) is 63.7 Å². The Labute approximate surface area is 174 Å². The van der Waals surface area contributed by atoms with Crippen LogP contribution in [0.1, 0.15) is 67.9 Å². The number of nitrogens with zero attached hydrogens (tertiary/aromatic N) is 4. The molecule has 2 heterocycles. The van der Waals surface area contributed by atoms with Gasteiger partial charge < -0.3 is 9.80 Å². The third-order valence-electron chi connectivity index (χ3n) is 6.77. The van der Waals surface area contributed by atoms with Crippen molar-refractivity contribution >= 4 is 5.91 Å². The predicted octanol–water partition coefficient (Wildman–Crippen LogP) is 4.05. The SMILES string of the molecule is CN(C)Cc1cc([C@H]2CCCCN2C(=O)C2(c3ccccc3)CCCC2)nn1C. The fourth-order valence-electron chi connectivity index (χ4n) is 5.28. The maximum atomic E-state index is 14.1. The molecule has 0 spiro atoms. The van der Waals surface area contributed by atoms with E-state index < -0.39 is 0 Å². The molecule has 0 N–H and O–H groups in total. The monoisotopic (exact) mass is 394 g/mol. The maximum Gasteiger partial charge on any atom is 0.233 e. The largest absolute Gasteiger partial charge is 0.333 e. The molecule has 1 saturated heterocycles. The Morgan fingerprint density at radius 2 is 1.86 bits per heavy atom. The summed E-state index contributed by atoms with van der Waals surface area (Å²) in [5.41, 5.74) is 3.10. The molecule has 0 bridgehead atoms. The normalized spacial score (nSPS) is 21.7. The number of carbonyl (C=O) groups is 1. The van der Waals surface area contributed by atoms with Crippen molar-refractivity contribution in [3.05, 3.63) is 53.3 Å². The van der Waals surface area contributed by atoms with Crippen molar-refractivity contribution in [1.29, 1.82) is 0 Å². The zero-order valence-electron chi connectivity index (χ0n) is 18.1. The second-order valence-corrected chi connectivity index (χ2v) is 9.09. The predicted molar refractivity (Wildman–Crippen MR) is 115 cm³/mol. The van der Waals surface area contributed by atoms with E-state index >= 15 is 0 Å². The van der Waals surface area contributed by atoms with Crippen LogP contribution < -0.4 is 0 Å². The highest BCUT2D eigenvalue weighted by Crippen LogP contribution is 2.45. The Morgan fingerprint density at radius 3 is 2.55 bits per heavy atom. The summed E-state index contributed by atoms with van der Waals surface area (Å²) in [7, 11) is 6.17. The van der Waals surface area contributed by atoms with Gasteiger partial charge in [-0.25, -0.2) is 0 Å². The van der Waals surface area contributed by atoms with Gasteiger partial charge in [0.15, 0.2) is 0 Å². The average molecular weight is 395 g/mol. The molecule has 29 heavy (non-hydrogen) atoms. The molecule has 1 aromatic heterocycles. The van der Waals surface area contributed by atoms with Crippen LogP contribution in [0.3, 0.4) is 0 Å². The van der Waals surface area contributed by atoms with Crippen molar-refractivity contribution in [2.45, 2.75) is 62.9 Å². The lowest BCUT2D eigenvalue weighted by Gasteiger charge is -2.41. The Hall–Kier alpha value is -2.14. The minimum Gasteiger partial charge on any atom is -0.333 e. The molecular weight excluding hydrogens is 360 g/mol. The number of aryl methyl sites for hydroxylation is 1. The van der Waals surface area contributed by atoms with Gasteiger partial charge in [-0.05, 0) is 57.8 Å². The highest BCUT2D eigenvalue weighted by Gasteiger charge is 2.47. The van der Waals surface area contributed by atoms with Crippen molar-refractivity contribution in [3.8, 4) is 0 Å². The Balaban J connectivity index is 1.66. The molecule has 156 valence electrons. The van der Waals surface area contributed by atoms with Crippen molar-refractivity contribution in [2.24, 2.45) is 7.05 Å². The van der Waals surface area contributed by atoms with Crippen LogP contribution in [0.25, 0.3) is 0 Å². The number of benzene rings is 1. The van der Waals surface area contributed by atoms with E-state index in [1.807, 2.05) is 17.8 Å². The van der Waals surface area contributed by atoms with Gasteiger partial charge in [0.05, 0.1) is 22.8 Å². The highest BCUT2D eigenvalue weighted by atomic mass is 16.2. The molecule has 0 radical (unpaired) electrons. The topological polar surface area (TPSA) is 41.4 Å². The molecule has 1 aliphatic carbocycles. The van der Waals surface area contributed by atoms with Crippen LogP contribution >= 0.6 is 0 Å². The summed E-state index contributed by atoms with van der Waals surface area (Å²) < 4.78 is 1.98. The summed E-state index contributed by atoms with van der Waals surface area (Å²) in [5.74, 6) is 0.325. The van der Waals surface area contributed by atoms with Crippen LogP contribution in [0.4, 0.5) is 0 Å². The van der Waals surface area contributed by atoms with Gasteiger partial charge in [0.25, 0.3) is 0 Å². The lowest BCUT2D eigenvalue weighted by Crippen LogP contribution is -2.48. The quantitative estimate of drug-likeness (QED) is 0.768. The highest BCUT2D eigenvalue weighted by molar-refractivity contribution is 5.89. The number of hydrogen-bond acceptors (Lipinski definition) is 3. The summed E-state index contributed by atoms with van der Waals surface area (Å²) >= 11 is 0. The molecule has 5 heteroatoms. The molecule has 0 unspecified atom stereocenters. The van der Waals surface area contributed by atoms with Crippen LogP contribution in [0.15, 0.2) is 36.4 Å². The van der Waals surface area contributed by atoms with Gasteiger partial charge >= 0.3 is 0 Å². The Morgan fingerprint density at radius 1 is 1.14 bits per heavy atom. The molecule has 1 amide bonds. The first-order valence-electron chi connectivity index (χ1n) is 11.1. The summed E-state index contributed by atoms with van der Waals surface area (Å²) in [6, 6.07) is 12.8. The van der Waals surface area contributed by atoms with Crippen LogP contribution in [0.5, 0.6) is 0 Å². The second kappa shape index (κ2) is 8.31. The summed E-state index contributed by atoms with van der Waals surface area (Å²) in [5, 5.41) is 4.84. The van der Waals surface area contributed by atoms with Gasteiger partial charge in [0, 0.05) is 20.1 Å². The van der Waals surface area contributed by atoms with E-state index in [1.54, 1.807) is 0 Å². The maximum absolute atomic E-state index is 14.1. The summed E-state index contributed by atoms with van der Waals surface area (Å²) in [6.07, 6.45) is 7.46. The molecule has 1 aromatic carbocycles. The number of piperidine rings is 1. The lowest BCUT2D eigenvalue weighted by atomic mass is 9.76. The number of rotatable bonds is 5. The molecule has 2 fully saturated rings. The van der Waals surface area contributed by atoms with Gasteiger partial charge in [0.2, 0.25) is 5.91 Å². The van der Waals surface area contributed by atoms with Gasteiger partial charge in [0.1, 0.15) is 0 Å². The lowest BCUT2D eigenvalue weighted by molar-refractivity contribution is -0.141. The summed E-state index contributed by atoms with van der Waals surface area (Å²) in [6.45, 7) is 1.70. The van der Waals surface area contributed by atoms with E-state index in [1.165, 1.54) is 11.3 Å². The van der Waals surface area contributed by atoms with E-state index in [-0.39, 0.29) is 11.5 Å². The fraction of sp³-hybridized carbons (Fsp3) is 0.583. The van der Waals surface area contributed by atoms with Crippen LogP contribution in [-0.2, 0) is 23.8 Å². The number of amides is 1. The zero-order chi connectivity index (χ0) is 20.4. The third-order valence-corrected chi connectivity index (χ3v) is 6.77. The van der Waals surface area contributed by atoms with Gasteiger partial charge in [-0.15, -0.1) is 0 Å². The number of aromatic nitrogens is 2. The zero-order valence-corrected chi connectivity index (χ0v) is 18.1. The molecule has 1 aliphatic heterocycles. The van der Waals surface area contributed by atoms with Crippen LogP contribution in [0, 0.1) is 0 Å². The van der Waals surface area contributed by atoms with Crippen molar-refractivity contribution < 1.29 is 4.79 Å². The van der Waals surface area contributed by atoms with Crippen molar-refractivity contribution in [1.82, 2.24) is 19.6 Å². The number of hydrogen-bond donors (Lipinski definition) is 0. The van der Waals surface area contributed by atoms with Crippen molar-refractivity contribution in [3.63, 3.8) is 0 Å². The fourth-order valence-corrected chi connectivity index (χ4v) is 5.28. The van der Waals surface area contributed by atoms with E-state index in [4.69, 9.17) is 5.10 Å². The van der Waals surface area contributed by atoms with Crippen LogP contribution in [-0.4, -0.2) is 46.1 Å². The first-order valence-corrected chi connectivity index (χ1v) is 11.1. The average Bonchev–Trinajstić information content (AvgIpc) is 3.36. The summed E-state index contributed by atoms with van der Waals surface area (Å²) in [4.78, 5) is 18.4. The minimum atomic E-state index is -0.349. The Kier molecular flexibility index (Phi) is 5.77. The minimum absolute atomic E-state index is 0.0968. The molecule has 4 rings (SSSR count). The van der Waals surface area contributed by atoms with Crippen molar-refractivity contribution in [2.75, 3.05) is 20.6 Å². The first-order chi connectivity index (χ1) is 14.0. The van der Waals surface area contributed by atoms with E-state index in [0.29, 0.717) is 5.91 Å². The van der Waals surface area contributed by atoms with Gasteiger partial charge in [-0.1, -0.05) is 43.2 Å². The van der Waals surface area contributed by atoms with Gasteiger partial charge in [-0.3, -0.25) is 9.48 Å². The van der Waals surface area contributed by atoms with E-state index in [2.05, 4.69) is 54.2 Å². The van der Waals surface area contributed by atoms with E-state index in [9.17, 15) is 4.79 Å². The number of carbonyl (C=O) groups excluding carboxylic acids is 1. The molecule has 2 aliphatic rings. The molecular formula is C24H34N4O.